The molecule has 0 saturated carbocycles. The van der Waals surface area contributed by atoms with Crippen molar-refractivity contribution in [2.24, 2.45) is 0 Å². The third-order valence-corrected chi connectivity index (χ3v) is 8.78. The second-order valence-electron chi connectivity index (χ2n) is 6.01. The quantitative estimate of drug-likeness (QED) is 0.782. The number of rotatable bonds is 4. The molecule has 0 unspecified atom stereocenters. The summed E-state index contributed by atoms with van der Waals surface area (Å²) in [6, 6.07) is 21.3. The zero-order valence-corrected chi connectivity index (χ0v) is 13.6. The predicted octanol–water partition coefficient (Wildman–Crippen LogP) is 3.40. The Kier molecular flexibility index (Phi) is 4.46. The Morgan fingerprint density at radius 2 is 1.25 bits per heavy atom. The number of hydrogen-bond donors (Lipinski definition) is 0. The maximum absolute atomic E-state index is 6.39. The maximum Gasteiger partial charge on any atom is 0.261 e. The molecule has 1 nitrogen and oxygen atoms in total. The van der Waals surface area contributed by atoms with Crippen molar-refractivity contribution < 1.29 is 4.43 Å². The summed E-state index contributed by atoms with van der Waals surface area (Å²) in [5.41, 5.74) is 0. The van der Waals surface area contributed by atoms with Gasteiger partial charge in [0.2, 0.25) is 0 Å². The van der Waals surface area contributed by atoms with E-state index < -0.39 is 8.32 Å². The molecular weight excluding hydrogens is 260 g/mol. The van der Waals surface area contributed by atoms with Crippen LogP contribution in [0, 0.1) is 6.92 Å². The summed E-state index contributed by atoms with van der Waals surface area (Å²) in [5, 5.41) is 2.66. The lowest BCUT2D eigenvalue weighted by molar-refractivity contribution is 0.337. The minimum atomic E-state index is -2.31. The molecular formula is C18H23OSi. The summed E-state index contributed by atoms with van der Waals surface area (Å²) in [7, 11) is -2.31. The molecule has 0 atom stereocenters. The summed E-state index contributed by atoms with van der Waals surface area (Å²) in [5.74, 6) is 0. The van der Waals surface area contributed by atoms with E-state index in [0.717, 1.165) is 0 Å². The number of hydrogen-bond acceptors (Lipinski definition) is 1. The highest BCUT2D eigenvalue weighted by atomic mass is 28.4. The van der Waals surface area contributed by atoms with E-state index in [1.807, 2.05) is 0 Å². The summed E-state index contributed by atoms with van der Waals surface area (Å²) in [6.45, 7) is 11.3. The molecule has 2 heteroatoms. The van der Waals surface area contributed by atoms with Gasteiger partial charge in [-0.05, 0) is 22.3 Å². The van der Waals surface area contributed by atoms with Crippen molar-refractivity contribution in [1.82, 2.24) is 0 Å². The van der Waals surface area contributed by atoms with Crippen molar-refractivity contribution in [2.45, 2.75) is 25.8 Å². The van der Waals surface area contributed by atoms with E-state index in [9.17, 15) is 0 Å². The van der Waals surface area contributed by atoms with Crippen molar-refractivity contribution in [3.63, 3.8) is 0 Å². The molecule has 0 spiro atoms. The topological polar surface area (TPSA) is 9.23 Å². The Balaban J connectivity index is 2.70. The summed E-state index contributed by atoms with van der Waals surface area (Å²) < 4.78 is 6.39. The Labute approximate surface area is 123 Å². The van der Waals surface area contributed by atoms with E-state index in [0.29, 0.717) is 6.61 Å². The van der Waals surface area contributed by atoms with Crippen molar-refractivity contribution in [2.75, 3.05) is 6.61 Å². The summed E-state index contributed by atoms with van der Waals surface area (Å²) in [4.78, 5) is 0. The Hall–Kier alpha value is -1.38. The molecule has 0 aromatic heterocycles. The average molecular weight is 283 g/mol. The minimum absolute atomic E-state index is 0.0490. The van der Waals surface area contributed by atoms with Gasteiger partial charge in [0, 0.05) is 6.61 Å². The van der Waals surface area contributed by atoms with Gasteiger partial charge in [-0.25, -0.2) is 0 Å². The lowest BCUT2D eigenvalue weighted by atomic mass is 10.2. The van der Waals surface area contributed by atoms with Gasteiger partial charge in [-0.15, -0.1) is 0 Å². The first kappa shape index (κ1) is 15.0. The van der Waals surface area contributed by atoms with Crippen LogP contribution in [0.1, 0.15) is 20.8 Å². The predicted molar refractivity (Wildman–Crippen MR) is 88.9 cm³/mol. The highest BCUT2D eigenvalue weighted by Gasteiger charge is 2.49. The Morgan fingerprint density at radius 1 is 0.850 bits per heavy atom. The standard InChI is InChI=1S/C18H23OSi/c1-5-19-20(18(2,3)4,16-12-8-6-9-13-16)17-14-10-7-11-15-17/h6-15H,1,5H2,2-4H3. The van der Waals surface area contributed by atoms with Crippen molar-refractivity contribution >= 4 is 18.7 Å². The fraction of sp³-hybridized carbons (Fsp3) is 0.278. The molecule has 0 amide bonds. The van der Waals surface area contributed by atoms with E-state index in [4.69, 9.17) is 4.43 Å². The second kappa shape index (κ2) is 5.94. The smallest absolute Gasteiger partial charge is 0.261 e. The molecule has 0 fully saturated rings. The van der Waals surface area contributed by atoms with E-state index in [-0.39, 0.29) is 5.04 Å². The van der Waals surface area contributed by atoms with Crippen LogP contribution < -0.4 is 10.4 Å². The molecule has 1 radical (unpaired) electrons. The molecule has 2 aromatic carbocycles. The largest absolute Gasteiger partial charge is 0.407 e. The average Bonchev–Trinajstić information content (AvgIpc) is 2.45. The zero-order chi connectivity index (χ0) is 14.6. The highest BCUT2D eigenvalue weighted by molar-refractivity contribution is 6.99. The van der Waals surface area contributed by atoms with Gasteiger partial charge in [0.15, 0.2) is 0 Å². The molecule has 0 aliphatic rings. The van der Waals surface area contributed by atoms with Crippen LogP contribution in [0.5, 0.6) is 0 Å². The van der Waals surface area contributed by atoms with Gasteiger partial charge in [-0.2, -0.15) is 0 Å². The van der Waals surface area contributed by atoms with Crippen LogP contribution >= 0.6 is 0 Å². The first-order chi connectivity index (χ1) is 9.52. The lowest BCUT2D eigenvalue weighted by Crippen LogP contribution is -2.66. The summed E-state index contributed by atoms with van der Waals surface area (Å²) in [6.07, 6.45) is 0. The maximum atomic E-state index is 6.39. The van der Waals surface area contributed by atoms with Gasteiger partial charge in [-0.1, -0.05) is 81.4 Å². The molecule has 0 bridgehead atoms. The van der Waals surface area contributed by atoms with Gasteiger partial charge in [0.1, 0.15) is 0 Å². The monoisotopic (exact) mass is 283 g/mol. The molecule has 105 valence electrons. The first-order valence-electron chi connectivity index (χ1n) is 7.06. The van der Waals surface area contributed by atoms with E-state index in [1.165, 1.54) is 10.4 Å². The molecule has 20 heavy (non-hydrogen) atoms. The van der Waals surface area contributed by atoms with Crippen LogP contribution in [0.4, 0.5) is 0 Å². The molecule has 0 N–H and O–H groups in total. The Morgan fingerprint density at radius 3 is 1.55 bits per heavy atom. The van der Waals surface area contributed by atoms with Crippen LogP contribution in [0.2, 0.25) is 5.04 Å². The zero-order valence-electron chi connectivity index (χ0n) is 12.6. The van der Waals surface area contributed by atoms with Gasteiger partial charge < -0.3 is 4.43 Å². The van der Waals surface area contributed by atoms with Gasteiger partial charge >= 0.3 is 0 Å². The molecule has 0 aliphatic carbocycles. The highest BCUT2D eigenvalue weighted by Crippen LogP contribution is 2.36. The van der Waals surface area contributed by atoms with Gasteiger partial charge in [0.25, 0.3) is 8.32 Å². The third kappa shape index (κ3) is 2.58. The number of benzene rings is 2. The minimum Gasteiger partial charge on any atom is -0.407 e. The van der Waals surface area contributed by atoms with Crippen molar-refractivity contribution in [1.29, 1.82) is 0 Å². The fourth-order valence-electron chi connectivity index (χ4n) is 2.91. The van der Waals surface area contributed by atoms with Gasteiger partial charge in [0.05, 0.1) is 0 Å². The SMILES string of the molecule is [CH2]CO[Si](c1ccccc1)(c1ccccc1)C(C)(C)C. The molecule has 0 saturated heterocycles. The molecule has 2 aromatic rings. The van der Waals surface area contributed by atoms with E-state index >= 15 is 0 Å². The third-order valence-electron chi connectivity index (χ3n) is 3.74. The van der Waals surface area contributed by atoms with Gasteiger partial charge in [-0.3, -0.25) is 0 Å². The van der Waals surface area contributed by atoms with Crippen LogP contribution in [0.15, 0.2) is 60.7 Å². The van der Waals surface area contributed by atoms with Crippen LogP contribution in [-0.2, 0) is 4.43 Å². The lowest BCUT2D eigenvalue weighted by Gasteiger charge is -2.42. The summed E-state index contributed by atoms with van der Waals surface area (Å²) >= 11 is 0. The molecule has 0 heterocycles. The fourth-order valence-corrected chi connectivity index (χ4v) is 7.38. The second-order valence-corrected chi connectivity index (χ2v) is 10.3. The van der Waals surface area contributed by atoms with Crippen LogP contribution in [0.25, 0.3) is 0 Å². The van der Waals surface area contributed by atoms with E-state index in [2.05, 4.69) is 88.4 Å². The molecule has 2 rings (SSSR count). The Bertz CT molecular complexity index is 489. The normalized spacial score (nSPS) is 12.4. The van der Waals surface area contributed by atoms with Crippen LogP contribution in [0.3, 0.4) is 0 Å². The molecule has 0 aliphatic heterocycles. The van der Waals surface area contributed by atoms with Crippen molar-refractivity contribution in [3.8, 4) is 0 Å². The van der Waals surface area contributed by atoms with Crippen LogP contribution in [-0.4, -0.2) is 14.9 Å². The van der Waals surface area contributed by atoms with E-state index in [1.54, 1.807) is 0 Å². The first-order valence-corrected chi connectivity index (χ1v) is 8.97. The van der Waals surface area contributed by atoms with Crippen molar-refractivity contribution in [3.05, 3.63) is 67.6 Å².